The molecule has 11 heteroatoms. The van der Waals surface area contributed by atoms with E-state index in [1.807, 2.05) is 19.2 Å². The SMILES string of the molecule is Cc1cc(C(=O)N2CCCC[C@H]2c2cc3nc(N4CC[C@H](N)C4)c(C)cn3n2)n(C(F)F)n1. The highest BCUT2D eigenvalue weighted by Gasteiger charge is 2.33. The van der Waals surface area contributed by atoms with E-state index >= 15 is 0 Å². The molecule has 0 aliphatic carbocycles. The second-order valence-corrected chi connectivity index (χ2v) is 9.02. The molecule has 0 aromatic carbocycles. The Hall–Kier alpha value is -3.08. The minimum absolute atomic E-state index is 0.0974. The molecule has 33 heavy (non-hydrogen) atoms. The minimum Gasteiger partial charge on any atom is -0.355 e. The van der Waals surface area contributed by atoms with Gasteiger partial charge in [-0.05, 0) is 45.6 Å². The molecule has 2 atom stereocenters. The van der Waals surface area contributed by atoms with E-state index in [1.165, 1.54) is 6.07 Å². The molecule has 0 unspecified atom stereocenters. The number of halogens is 2. The van der Waals surface area contributed by atoms with Crippen molar-refractivity contribution in [2.24, 2.45) is 5.73 Å². The lowest BCUT2D eigenvalue weighted by molar-refractivity contribution is 0.0407. The van der Waals surface area contributed by atoms with Gasteiger partial charge in [-0.15, -0.1) is 0 Å². The zero-order valence-electron chi connectivity index (χ0n) is 18.8. The summed E-state index contributed by atoms with van der Waals surface area (Å²) in [6.07, 6.45) is 5.33. The molecule has 3 aromatic heterocycles. The summed E-state index contributed by atoms with van der Waals surface area (Å²) in [6.45, 7) is 2.84. The second kappa shape index (κ2) is 8.36. The molecule has 0 bridgehead atoms. The number of aromatic nitrogens is 5. The predicted molar refractivity (Wildman–Crippen MR) is 118 cm³/mol. The molecule has 2 saturated heterocycles. The monoisotopic (exact) mass is 458 g/mol. The van der Waals surface area contributed by atoms with E-state index in [4.69, 9.17) is 15.8 Å². The van der Waals surface area contributed by atoms with E-state index in [-0.39, 0.29) is 17.8 Å². The number of piperidine rings is 1. The van der Waals surface area contributed by atoms with Crippen LogP contribution in [-0.2, 0) is 0 Å². The number of fused-ring (bicyclic) bond motifs is 1. The summed E-state index contributed by atoms with van der Waals surface area (Å²) in [4.78, 5) is 22.0. The van der Waals surface area contributed by atoms with E-state index in [9.17, 15) is 13.6 Å². The van der Waals surface area contributed by atoms with Crippen molar-refractivity contribution < 1.29 is 13.6 Å². The Morgan fingerprint density at radius 2 is 1.97 bits per heavy atom. The van der Waals surface area contributed by atoms with Crippen LogP contribution in [0.1, 0.15) is 65.7 Å². The summed E-state index contributed by atoms with van der Waals surface area (Å²) < 4.78 is 29.1. The fourth-order valence-corrected chi connectivity index (χ4v) is 4.94. The quantitative estimate of drug-likeness (QED) is 0.646. The number of likely N-dealkylation sites (tertiary alicyclic amines) is 1. The fraction of sp³-hybridized carbons (Fsp3) is 0.545. The molecule has 5 rings (SSSR count). The van der Waals surface area contributed by atoms with Gasteiger partial charge in [0.25, 0.3) is 5.91 Å². The van der Waals surface area contributed by atoms with Gasteiger partial charge in [0.05, 0.1) is 17.4 Å². The Morgan fingerprint density at radius 3 is 2.70 bits per heavy atom. The summed E-state index contributed by atoms with van der Waals surface area (Å²) in [5.74, 6) is 0.448. The largest absolute Gasteiger partial charge is 0.355 e. The molecule has 0 radical (unpaired) electrons. The van der Waals surface area contributed by atoms with Crippen molar-refractivity contribution in [2.75, 3.05) is 24.5 Å². The number of anilines is 1. The van der Waals surface area contributed by atoms with Gasteiger partial charge in [-0.3, -0.25) is 4.79 Å². The van der Waals surface area contributed by atoms with Crippen LogP contribution in [0.5, 0.6) is 0 Å². The molecule has 0 saturated carbocycles. The molecular weight excluding hydrogens is 430 g/mol. The van der Waals surface area contributed by atoms with Crippen LogP contribution in [0.15, 0.2) is 18.3 Å². The van der Waals surface area contributed by atoms with Crippen molar-refractivity contribution in [1.82, 2.24) is 29.3 Å². The molecule has 3 aromatic rings. The number of carbonyl (C=O) groups is 1. The average molecular weight is 459 g/mol. The van der Waals surface area contributed by atoms with Crippen LogP contribution in [0, 0.1) is 13.8 Å². The van der Waals surface area contributed by atoms with E-state index in [0.29, 0.717) is 34.7 Å². The lowest BCUT2D eigenvalue weighted by Gasteiger charge is -2.34. The molecule has 2 fully saturated rings. The van der Waals surface area contributed by atoms with Gasteiger partial charge in [0.15, 0.2) is 5.65 Å². The Bertz CT molecular complexity index is 1190. The van der Waals surface area contributed by atoms with Crippen molar-refractivity contribution in [2.45, 2.75) is 58.2 Å². The summed E-state index contributed by atoms with van der Waals surface area (Å²) in [6, 6.07) is 3.15. The fourth-order valence-electron chi connectivity index (χ4n) is 4.94. The van der Waals surface area contributed by atoms with Crippen molar-refractivity contribution in [3.05, 3.63) is 41.0 Å². The minimum atomic E-state index is -2.87. The Balaban J connectivity index is 1.48. The number of hydrogen-bond acceptors (Lipinski definition) is 6. The first kappa shape index (κ1) is 21.7. The first-order valence-electron chi connectivity index (χ1n) is 11.3. The number of nitrogens with two attached hydrogens (primary N) is 1. The maximum atomic E-state index is 13.4. The topological polar surface area (TPSA) is 97.6 Å². The van der Waals surface area contributed by atoms with Crippen LogP contribution in [0.25, 0.3) is 5.65 Å². The summed E-state index contributed by atoms with van der Waals surface area (Å²) in [5, 5.41) is 8.51. The number of carbonyl (C=O) groups excluding carboxylic acids is 1. The van der Waals surface area contributed by atoms with Gasteiger partial charge in [-0.1, -0.05) is 0 Å². The zero-order chi connectivity index (χ0) is 23.3. The van der Waals surface area contributed by atoms with Crippen LogP contribution in [-0.4, -0.2) is 60.9 Å². The standard InChI is InChI=1S/C22H28F2N8O/c1-13-11-31-19(26-20(13)29-8-6-15(25)12-29)10-16(28-31)17-5-3-4-7-30(17)21(33)18-9-14(2)27-32(18)22(23)24/h9-11,15,17,22H,3-8,12,25H2,1-2H3/t15-,17-/m0/s1. The van der Waals surface area contributed by atoms with Crippen LogP contribution in [0.3, 0.4) is 0 Å². The van der Waals surface area contributed by atoms with Crippen molar-refractivity contribution in [1.29, 1.82) is 0 Å². The smallest absolute Gasteiger partial charge is 0.333 e. The number of amides is 1. The van der Waals surface area contributed by atoms with Crippen molar-refractivity contribution >= 4 is 17.4 Å². The zero-order valence-corrected chi connectivity index (χ0v) is 18.8. The summed E-state index contributed by atoms with van der Waals surface area (Å²) in [7, 11) is 0. The molecule has 2 aliphatic rings. The molecular formula is C22H28F2N8O. The lowest BCUT2D eigenvalue weighted by atomic mass is 9.99. The normalized spacial score (nSPS) is 21.5. The van der Waals surface area contributed by atoms with Gasteiger partial charge in [-0.25, -0.2) is 9.50 Å². The van der Waals surface area contributed by atoms with Crippen LogP contribution in [0.2, 0.25) is 0 Å². The van der Waals surface area contributed by atoms with E-state index in [2.05, 4.69) is 10.00 Å². The molecule has 2 aliphatic heterocycles. The maximum absolute atomic E-state index is 13.4. The number of aryl methyl sites for hydroxylation is 2. The second-order valence-electron chi connectivity index (χ2n) is 9.02. The third kappa shape index (κ3) is 3.94. The summed E-state index contributed by atoms with van der Waals surface area (Å²) in [5.41, 5.74) is 8.76. The van der Waals surface area contributed by atoms with E-state index < -0.39 is 12.5 Å². The Morgan fingerprint density at radius 1 is 1.15 bits per heavy atom. The molecule has 2 N–H and O–H groups in total. The number of hydrogen-bond donors (Lipinski definition) is 1. The number of alkyl halides is 2. The number of nitrogens with zero attached hydrogens (tertiary/aromatic N) is 7. The molecule has 176 valence electrons. The molecule has 0 spiro atoms. The van der Waals surface area contributed by atoms with Crippen molar-refractivity contribution in [3.63, 3.8) is 0 Å². The third-order valence-electron chi connectivity index (χ3n) is 6.52. The van der Waals surface area contributed by atoms with Crippen LogP contribution >= 0.6 is 0 Å². The first-order chi connectivity index (χ1) is 15.8. The third-order valence-corrected chi connectivity index (χ3v) is 6.52. The lowest BCUT2D eigenvalue weighted by Crippen LogP contribution is -2.39. The average Bonchev–Trinajstić information content (AvgIpc) is 3.50. The highest BCUT2D eigenvalue weighted by Crippen LogP contribution is 2.33. The van der Waals surface area contributed by atoms with Gasteiger partial charge in [0, 0.05) is 43.5 Å². The van der Waals surface area contributed by atoms with Crippen LogP contribution < -0.4 is 10.6 Å². The van der Waals surface area contributed by atoms with Gasteiger partial charge in [0.1, 0.15) is 11.5 Å². The summed E-state index contributed by atoms with van der Waals surface area (Å²) >= 11 is 0. The Labute approximate surface area is 190 Å². The van der Waals surface area contributed by atoms with E-state index in [1.54, 1.807) is 16.3 Å². The van der Waals surface area contributed by atoms with Gasteiger partial charge in [-0.2, -0.15) is 23.7 Å². The highest BCUT2D eigenvalue weighted by molar-refractivity contribution is 5.93. The first-order valence-corrected chi connectivity index (χ1v) is 11.3. The van der Waals surface area contributed by atoms with Crippen molar-refractivity contribution in [3.8, 4) is 0 Å². The maximum Gasteiger partial charge on any atom is 0.333 e. The number of rotatable bonds is 4. The predicted octanol–water partition coefficient (Wildman–Crippen LogP) is 2.84. The van der Waals surface area contributed by atoms with Gasteiger partial charge < -0.3 is 15.5 Å². The molecule has 1 amide bonds. The molecule has 9 nitrogen and oxygen atoms in total. The van der Waals surface area contributed by atoms with Gasteiger partial charge in [0.2, 0.25) is 0 Å². The highest BCUT2D eigenvalue weighted by atomic mass is 19.3. The van der Waals surface area contributed by atoms with Crippen LogP contribution in [0.4, 0.5) is 14.6 Å². The van der Waals surface area contributed by atoms with Gasteiger partial charge >= 0.3 is 6.55 Å². The van der Waals surface area contributed by atoms with E-state index in [0.717, 1.165) is 43.7 Å². The molecule has 5 heterocycles. The Kier molecular flexibility index (Phi) is 5.51.